The first-order valence-electron chi connectivity index (χ1n) is 9.76. The van der Waals surface area contributed by atoms with E-state index in [0.717, 1.165) is 10.6 Å². The Bertz CT molecular complexity index is 1100. The number of likely N-dealkylation sites (N-methyl/N-ethyl adjacent to an activating group) is 1. The van der Waals surface area contributed by atoms with Crippen molar-refractivity contribution in [1.29, 1.82) is 0 Å². The van der Waals surface area contributed by atoms with Gasteiger partial charge in [-0.1, -0.05) is 59.4 Å². The average Bonchev–Trinajstić information content (AvgIpc) is 2.71. The monoisotopic (exact) mass is 553 g/mol. The number of halogens is 4. The van der Waals surface area contributed by atoms with E-state index >= 15 is 0 Å². The summed E-state index contributed by atoms with van der Waals surface area (Å²) in [4.78, 5) is 27.3. The Labute approximate surface area is 213 Å². The fourth-order valence-corrected chi connectivity index (χ4v) is 5.10. The highest BCUT2D eigenvalue weighted by Crippen LogP contribution is 2.29. The summed E-state index contributed by atoms with van der Waals surface area (Å²) in [5.74, 6) is -1.05. The van der Waals surface area contributed by atoms with Gasteiger partial charge in [-0.2, -0.15) is 0 Å². The molecule has 2 aromatic rings. The second-order valence-electron chi connectivity index (χ2n) is 7.16. The van der Waals surface area contributed by atoms with E-state index in [1.807, 2.05) is 0 Å². The zero-order valence-corrected chi connectivity index (χ0v) is 22.0. The minimum absolute atomic E-state index is 0.100. The number of sulfonamides is 1. The van der Waals surface area contributed by atoms with E-state index in [4.69, 9.17) is 46.4 Å². The molecule has 2 rings (SSSR count). The van der Waals surface area contributed by atoms with Gasteiger partial charge in [0.2, 0.25) is 21.8 Å². The van der Waals surface area contributed by atoms with E-state index < -0.39 is 34.4 Å². The van der Waals surface area contributed by atoms with Crippen LogP contribution in [0.2, 0.25) is 20.1 Å². The predicted octanol–water partition coefficient (Wildman–Crippen LogP) is 4.62. The Hall–Kier alpha value is -1.71. The third-order valence-corrected chi connectivity index (χ3v) is 7.12. The Kier molecular flexibility index (Phi) is 9.70. The lowest BCUT2D eigenvalue weighted by Crippen LogP contribution is -2.51. The highest BCUT2D eigenvalue weighted by Gasteiger charge is 2.32. The van der Waals surface area contributed by atoms with Crippen LogP contribution in [-0.2, 0) is 26.2 Å². The molecule has 0 unspecified atom stereocenters. The highest BCUT2D eigenvalue weighted by atomic mass is 35.5. The number of nitrogens with zero attached hydrogens (tertiary/aromatic N) is 2. The van der Waals surface area contributed by atoms with E-state index in [-0.39, 0.29) is 28.7 Å². The summed E-state index contributed by atoms with van der Waals surface area (Å²) in [6.07, 6.45) is 1.23. The van der Waals surface area contributed by atoms with Crippen LogP contribution in [0.5, 0.6) is 0 Å². The smallest absolute Gasteiger partial charge is 0.244 e. The lowest BCUT2D eigenvalue weighted by Gasteiger charge is -2.33. The lowest BCUT2D eigenvalue weighted by atomic mass is 10.1. The van der Waals surface area contributed by atoms with Crippen molar-refractivity contribution in [3.8, 4) is 0 Å². The minimum atomic E-state index is -3.91. The zero-order chi connectivity index (χ0) is 24.9. The molecule has 0 saturated carbocycles. The predicted molar refractivity (Wildman–Crippen MR) is 134 cm³/mol. The van der Waals surface area contributed by atoms with E-state index in [2.05, 4.69) is 5.32 Å². The van der Waals surface area contributed by atoms with Crippen LogP contribution in [0.4, 0.5) is 5.69 Å². The highest BCUT2D eigenvalue weighted by molar-refractivity contribution is 7.92. The van der Waals surface area contributed by atoms with Crippen LogP contribution in [0.15, 0.2) is 36.4 Å². The second kappa shape index (κ2) is 11.6. The summed E-state index contributed by atoms with van der Waals surface area (Å²) in [5.41, 5.74) is 0.556. The maximum absolute atomic E-state index is 13.5. The van der Waals surface area contributed by atoms with Crippen molar-refractivity contribution in [3.05, 3.63) is 62.1 Å². The largest absolute Gasteiger partial charge is 0.357 e. The first kappa shape index (κ1) is 27.5. The number of anilines is 1. The Balaban J connectivity index is 2.52. The van der Waals surface area contributed by atoms with Gasteiger partial charge in [-0.3, -0.25) is 13.9 Å². The average molecular weight is 555 g/mol. The number of benzene rings is 2. The van der Waals surface area contributed by atoms with Gasteiger partial charge in [0.25, 0.3) is 0 Å². The minimum Gasteiger partial charge on any atom is -0.357 e. The standard InChI is InChI=1S/C21H23Cl4N3O4S/c1-4-19(21(30)26-2)27(11-16-17(24)6-5-7-18(16)25)20(29)12-28(33(3,31)32)15-9-13(22)8-14(23)10-15/h5-10,19H,4,11-12H2,1-3H3,(H,26,30)/t19-/m0/s1. The molecule has 180 valence electrons. The summed E-state index contributed by atoms with van der Waals surface area (Å²) in [7, 11) is -2.46. The molecule has 0 fully saturated rings. The van der Waals surface area contributed by atoms with E-state index in [1.54, 1.807) is 25.1 Å². The van der Waals surface area contributed by atoms with Crippen LogP contribution in [0.25, 0.3) is 0 Å². The van der Waals surface area contributed by atoms with E-state index in [9.17, 15) is 18.0 Å². The van der Waals surface area contributed by atoms with Crippen LogP contribution in [0, 0.1) is 0 Å². The van der Waals surface area contributed by atoms with Crippen LogP contribution in [0.3, 0.4) is 0 Å². The van der Waals surface area contributed by atoms with Gasteiger partial charge < -0.3 is 10.2 Å². The molecule has 7 nitrogen and oxygen atoms in total. The molecule has 33 heavy (non-hydrogen) atoms. The Morgan fingerprint density at radius 3 is 2.03 bits per heavy atom. The molecule has 0 radical (unpaired) electrons. The Morgan fingerprint density at radius 1 is 1.03 bits per heavy atom. The molecular weight excluding hydrogens is 532 g/mol. The van der Waals surface area contributed by atoms with Crippen molar-refractivity contribution in [3.63, 3.8) is 0 Å². The normalized spacial score (nSPS) is 12.2. The van der Waals surface area contributed by atoms with Crippen molar-refractivity contribution in [1.82, 2.24) is 10.2 Å². The van der Waals surface area contributed by atoms with Crippen LogP contribution in [-0.4, -0.2) is 51.0 Å². The molecular formula is C21H23Cl4N3O4S. The molecule has 1 atom stereocenters. The lowest BCUT2D eigenvalue weighted by molar-refractivity contribution is -0.140. The first-order chi connectivity index (χ1) is 15.4. The number of carbonyl (C=O) groups is 2. The van der Waals surface area contributed by atoms with Crippen molar-refractivity contribution in [2.24, 2.45) is 0 Å². The molecule has 2 amide bonds. The third kappa shape index (κ3) is 7.13. The van der Waals surface area contributed by atoms with Crippen molar-refractivity contribution in [2.45, 2.75) is 25.9 Å². The topological polar surface area (TPSA) is 86.8 Å². The van der Waals surface area contributed by atoms with Gasteiger partial charge in [0.1, 0.15) is 12.6 Å². The van der Waals surface area contributed by atoms with Crippen LogP contribution >= 0.6 is 46.4 Å². The molecule has 0 saturated heterocycles. The summed E-state index contributed by atoms with van der Waals surface area (Å²) < 4.78 is 26.0. The molecule has 0 bridgehead atoms. The maximum atomic E-state index is 13.5. The summed E-state index contributed by atoms with van der Waals surface area (Å²) in [6.45, 7) is 1.04. The molecule has 0 aromatic heterocycles. The quantitative estimate of drug-likeness (QED) is 0.490. The number of rotatable bonds is 9. The molecule has 12 heteroatoms. The van der Waals surface area contributed by atoms with Crippen molar-refractivity contribution < 1.29 is 18.0 Å². The van der Waals surface area contributed by atoms with Crippen molar-refractivity contribution >= 4 is 73.9 Å². The molecule has 2 aromatic carbocycles. The van der Waals surface area contributed by atoms with Gasteiger partial charge in [0, 0.05) is 39.2 Å². The number of amides is 2. The summed E-state index contributed by atoms with van der Waals surface area (Å²) in [6, 6.07) is 8.20. The van der Waals surface area contributed by atoms with Gasteiger partial charge >= 0.3 is 0 Å². The summed E-state index contributed by atoms with van der Waals surface area (Å²) in [5, 5.41) is 3.57. The van der Waals surface area contributed by atoms with Crippen LogP contribution in [0.1, 0.15) is 18.9 Å². The number of hydrogen-bond acceptors (Lipinski definition) is 4. The fraction of sp³-hybridized carbons (Fsp3) is 0.333. The maximum Gasteiger partial charge on any atom is 0.244 e. The molecule has 1 N–H and O–H groups in total. The SMILES string of the molecule is CC[C@@H](C(=O)NC)N(Cc1c(Cl)cccc1Cl)C(=O)CN(c1cc(Cl)cc(Cl)c1)S(C)(=O)=O. The molecule has 0 heterocycles. The van der Waals surface area contributed by atoms with Gasteiger partial charge in [0.15, 0.2) is 0 Å². The Morgan fingerprint density at radius 2 is 1.58 bits per heavy atom. The zero-order valence-electron chi connectivity index (χ0n) is 18.1. The number of nitrogens with one attached hydrogen (secondary N) is 1. The fourth-order valence-electron chi connectivity index (χ4n) is 3.24. The summed E-state index contributed by atoms with van der Waals surface area (Å²) >= 11 is 24.7. The van der Waals surface area contributed by atoms with Crippen LogP contribution < -0.4 is 9.62 Å². The van der Waals surface area contributed by atoms with Gasteiger partial charge in [0.05, 0.1) is 11.9 Å². The first-order valence-corrected chi connectivity index (χ1v) is 13.1. The van der Waals surface area contributed by atoms with Gasteiger partial charge in [-0.15, -0.1) is 0 Å². The van der Waals surface area contributed by atoms with E-state index in [0.29, 0.717) is 15.6 Å². The molecule has 0 aliphatic carbocycles. The van der Waals surface area contributed by atoms with Gasteiger partial charge in [-0.05, 0) is 36.8 Å². The molecule has 0 aliphatic heterocycles. The molecule has 0 aliphatic rings. The number of hydrogen-bond donors (Lipinski definition) is 1. The van der Waals surface area contributed by atoms with E-state index in [1.165, 1.54) is 30.1 Å². The van der Waals surface area contributed by atoms with Gasteiger partial charge in [-0.25, -0.2) is 8.42 Å². The third-order valence-electron chi connectivity index (χ3n) is 4.84. The second-order valence-corrected chi connectivity index (χ2v) is 10.8. The number of carbonyl (C=O) groups excluding carboxylic acids is 2. The molecule has 0 spiro atoms. The van der Waals surface area contributed by atoms with Crippen molar-refractivity contribution in [2.75, 3.05) is 24.2 Å².